The van der Waals surface area contributed by atoms with Crippen molar-refractivity contribution in [1.82, 2.24) is 19.6 Å². The topological polar surface area (TPSA) is 33.5 Å². The summed E-state index contributed by atoms with van der Waals surface area (Å²) in [5, 5.41) is 4.93. The van der Waals surface area contributed by atoms with E-state index in [0.29, 0.717) is 0 Å². The van der Waals surface area contributed by atoms with E-state index in [1.807, 2.05) is 22.9 Å². The maximum atomic E-state index is 14.5. The zero-order chi connectivity index (χ0) is 22.8. The molecule has 2 aromatic carbocycles. The largest absolute Gasteiger partial charge is 0.494 e. The third-order valence-corrected chi connectivity index (χ3v) is 7.19. The lowest BCUT2D eigenvalue weighted by molar-refractivity contribution is 0.123. The molecule has 2 aliphatic rings. The number of piperidine rings is 1. The zero-order valence-corrected chi connectivity index (χ0v) is 19.6. The molecule has 0 aliphatic carbocycles. The van der Waals surface area contributed by atoms with Crippen molar-refractivity contribution in [2.75, 3.05) is 33.3 Å². The van der Waals surface area contributed by atoms with Gasteiger partial charge in [0.05, 0.1) is 18.5 Å². The van der Waals surface area contributed by atoms with Crippen molar-refractivity contribution in [1.29, 1.82) is 0 Å². The Morgan fingerprint density at radius 1 is 1.03 bits per heavy atom. The summed E-state index contributed by atoms with van der Waals surface area (Å²) in [4.78, 5) is 5.20. The SMILES string of the molecule is COc1ccc(-c2nn(-c3ccccc3C)cc2CN2CCC(N3CCCC3)CC2)cc1F. The van der Waals surface area contributed by atoms with Gasteiger partial charge in [-0.1, -0.05) is 18.2 Å². The van der Waals surface area contributed by atoms with E-state index < -0.39 is 0 Å². The highest BCUT2D eigenvalue weighted by atomic mass is 19.1. The lowest BCUT2D eigenvalue weighted by Gasteiger charge is -2.36. The van der Waals surface area contributed by atoms with E-state index in [-0.39, 0.29) is 11.6 Å². The minimum atomic E-state index is -0.363. The molecule has 2 fully saturated rings. The summed E-state index contributed by atoms with van der Waals surface area (Å²) in [7, 11) is 1.49. The molecule has 0 radical (unpaired) electrons. The molecule has 0 amide bonds. The molecule has 2 aliphatic heterocycles. The highest BCUT2D eigenvalue weighted by Gasteiger charge is 2.27. The highest BCUT2D eigenvalue weighted by molar-refractivity contribution is 5.64. The van der Waals surface area contributed by atoms with Crippen molar-refractivity contribution in [3.05, 3.63) is 65.6 Å². The molecular formula is C27H33FN4O. The summed E-state index contributed by atoms with van der Waals surface area (Å²) in [6.07, 6.45) is 7.25. The monoisotopic (exact) mass is 448 g/mol. The zero-order valence-electron chi connectivity index (χ0n) is 19.6. The Hall–Kier alpha value is -2.70. The van der Waals surface area contributed by atoms with Crippen LogP contribution in [0.25, 0.3) is 16.9 Å². The van der Waals surface area contributed by atoms with Crippen LogP contribution in [0, 0.1) is 12.7 Å². The van der Waals surface area contributed by atoms with Crippen molar-refractivity contribution in [2.24, 2.45) is 0 Å². The van der Waals surface area contributed by atoms with Gasteiger partial charge >= 0.3 is 0 Å². The minimum Gasteiger partial charge on any atom is -0.494 e. The molecule has 5 nitrogen and oxygen atoms in total. The van der Waals surface area contributed by atoms with Gasteiger partial charge < -0.3 is 9.64 Å². The number of hydrogen-bond acceptors (Lipinski definition) is 4. The first-order valence-electron chi connectivity index (χ1n) is 12.1. The van der Waals surface area contributed by atoms with Crippen LogP contribution in [0.2, 0.25) is 0 Å². The lowest BCUT2D eigenvalue weighted by Crippen LogP contribution is -2.43. The Morgan fingerprint density at radius 3 is 2.48 bits per heavy atom. The summed E-state index contributed by atoms with van der Waals surface area (Å²) in [6.45, 7) is 7.62. The van der Waals surface area contributed by atoms with E-state index in [1.165, 1.54) is 51.9 Å². The summed E-state index contributed by atoms with van der Waals surface area (Å²) >= 11 is 0. The molecule has 0 saturated carbocycles. The quantitative estimate of drug-likeness (QED) is 0.528. The van der Waals surface area contributed by atoms with Gasteiger partial charge in [-0.05, 0) is 88.6 Å². The van der Waals surface area contributed by atoms with Crippen molar-refractivity contribution in [3.8, 4) is 22.7 Å². The van der Waals surface area contributed by atoms with Gasteiger partial charge in [0, 0.05) is 29.9 Å². The van der Waals surface area contributed by atoms with E-state index in [4.69, 9.17) is 9.84 Å². The maximum absolute atomic E-state index is 14.5. The fraction of sp³-hybridized carbons (Fsp3) is 0.444. The van der Waals surface area contributed by atoms with Crippen molar-refractivity contribution >= 4 is 0 Å². The number of nitrogens with zero attached hydrogens (tertiary/aromatic N) is 4. The van der Waals surface area contributed by atoms with Crippen LogP contribution in [-0.2, 0) is 6.54 Å². The second kappa shape index (κ2) is 9.65. The highest BCUT2D eigenvalue weighted by Crippen LogP contribution is 2.30. The van der Waals surface area contributed by atoms with Gasteiger partial charge in [0.2, 0.25) is 0 Å². The van der Waals surface area contributed by atoms with Crippen LogP contribution in [0.15, 0.2) is 48.7 Å². The molecule has 3 aromatic rings. The first-order valence-corrected chi connectivity index (χ1v) is 12.1. The Bertz CT molecular complexity index is 1100. The summed E-state index contributed by atoms with van der Waals surface area (Å²) in [6, 6.07) is 14.1. The van der Waals surface area contributed by atoms with Crippen molar-refractivity contribution < 1.29 is 9.13 Å². The molecule has 0 N–H and O–H groups in total. The van der Waals surface area contributed by atoms with E-state index >= 15 is 0 Å². The van der Waals surface area contributed by atoms with Crippen LogP contribution in [0.1, 0.15) is 36.8 Å². The molecule has 0 spiro atoms. The van der Waals surface area contributed by atoms with E-state index in [1.54, 1.807) is 6.07 Å². The van der Waals surface area contributed by atoms with Crippen LogP contribution < -0.4 is 4.74 Å². The molecule has 33 heavy (non-hydrogen) atoms. The molecule has 2 saturated heterocycles. The first kappa shape index (κ1) is 22.1. The fourth-order valence-corrected chi connectivity index (χ4v) is 5.32. The average molecular weight is 449 g/mol. The van der Waals surface area contributed by atoms with Crippen molar-refractivity contribution in [2.45, 2.75) is 45.2 Å². The van der Waals surface area contributed by atoms with Gasteiger partial charge in [-0.2, -0.15) is 5.10 Å². The maximum Gasteiger partial charge on any atom is 0.165 e. The lowest BCUT2D eigenvalue weighted by atomic mass is 10.0. The Labute approximate surface area is 195 Å². The Balaban J connectivity index is 1.42. The first-order chi connectivity index (χ1) is 16.1. The average Bonchev–Trinajstić information content (AvgIpc) is 3.51. The molecule has 0 bridgehead atoms. The number of likely N-dealkylation sites (tertiary alicyclic amines) is 2. The smallest absolute Gasteiger partial charge is 0.165 e. The van der Waals surface area contributed by atoms with Gasteiger partial charge in [0.25, 0.3) is 0 Å². The van der Waals surface area contributed by atoms with Gasteiger partial charge in [0.15, 0.2) is 11.6 Å². The predicted molar refractivity (Wildman–Crippen MR) is 129 cm³/mol. The fourth-order valence-electron chi connectivity index (χ4n) is 5.32. The molecule has 0 atom stereocenters. The summed E-state index contributed by atoms with van der Waals surface area (Å²) < 4.78 is 21.6. The van der Waals surface area contributed by atoms with Gasteiger partial charge in [0.1, 0.15) is 0 Å². The number of methoxy groups -OCH3 is 1. The third kappa shape index (κ3) is 4.68. The van der Waals surface area contributed by atoms with Gasteiger partial charge in [-0.15, -0.1) is 0 Å². The number of rotatable bonds is 6. The molecule has 5 rings (SSSR count). The molecular weight excluding hydrogens is 415 g/mol. The van der Waals surface area contributed by atoms with Gasteiger partial charge in [-0.25, -0.2) is 9.07 Å². The van der Waals surface area contributed by atoms with Crippen LogP contribution in [0.5, 0.6) is 5.75 Å². The number of aromatic nitrogens is 2. The number of hydrogen-bond donors (Lipinski definition) is 0. The Morgan fingerprint density at radius 2 is 1.79 bits per heavy atom. The number of ether oxygens (including phenoxy) is 1. The van der Waals surface area contributed by atoms with E-state index in [0.717, 1.165) is 53.7 Å². The van der Waals surface area contributed by atoms with Gasteiger partial charge in [-0.3, -0.25) is 4.90 Å². The summed E-state index contributed by atoms with van der Waals surface area (Å²) in [5.74, 6) is -0.111. The molecule has 174 valence electrons. The van der Waals surface area contributed by atoms with Crippen LogP contribution in [0.4, 0.5) is 4.39 Å². The van der Waals surface area contributed by atoms with Crippen LogP contribution >= 0.6 is 0 Å². The summed E-state index contributed by atoms with van der Waals surface area (Å²) in [5.41, 5.74) is 4.95. The predicted octanol–water partition coefficient (Wildman–Crippen LogP) is 5.06. The molecule has 0 unspecified atom stereocenters. The number of para-hydroxylation sites is 1. The Kier molecular flexibility index (Phi) is 6.47. The van der Waals surface area contributed by atoms with Crippen molar-refractivity contribution in [3.63, 3.8) is 0 Å². The second-order valence-electron chi connectivity index (χ2n) is 9.33. The van der Waals surface area contributed by atoms with Crippen LogP contribution in [0.3, 0.4) is 0 Å². The number of halogens is 1. The number of benzene rings is 2. The standard InChI is InChI=1S/C27H33FN4O/c1-20-7-3-4-8-25(20)32-19-22(27(29-32)21-9-10-26(33-2)24(28)17-21)18-30-15-11-23(12-16-30)31-13-5-6-14-31/h3-4,7-10,17,19,23H,5-6,11-16,18H2,1-2H3. The molecule has 1 aromatic heterocycles. The molecule has 3 heterocycles. The van der Waals surface area contributed by atoms with E-state index in [9.17, 15) is 4.39 Å². The number of aryl methyl sites for hydroxylation is 1. The van der Waals surface area contributed by atoms with E-state index in [2.05, 4.69) is 35.1 Å². The van der Waals surface area contributed by atoms with Crippen LogP contribution in [-0.4, -0.2) is 58.9 Å². The third-order valence-electron chi connectivity index (χ3n) is 7.19. The normalized spacial score (nSPS) is 18.2. The minimum absolute atomic E-state index is 0.252. The second-order valence-corrected chi connectivity index (χ2v) is 9.33. The molecule has 6 heteroatoms.